The summed E-state index contributed by atoms with van der Waals surface area (Å²) in [6, 6.07) is 16.0. The summed E-state index contributed by atoms with van der Waals surface area (Å²) in [6.07, 6.45) is 6.14. The third-order valence-corrected chi connectivity index (χ3v) is 6.86. The number of carbonyl (C=O) groups excluding carboxylic acids is 2. The molecule has 3 aromatic rings. The third kappa shape index (κ3) is 5.73. The smallest absolute Gasteiger partial charge is 0.290 e. The number of hydrogen-bond donors (Lipinski definition) is 1. The van der Waals surface area contributed by atoms with Gasteiger partial charge < -0.3 is 24.1 Å². The van der Waals surface area contributed by atoms with Gasteiger partial charge in [-0.15, -0.1) is 0 Å². The molecule has 1 aromatic heterocycles. The van der Waals surface area contributed by atoms with E-state index in [4.69, 9.17) is 13.9 Å². The van der Waals surface area contributed by atoms with Crippen LogP contribution in [0.2, 0.25) is 0 Å². The first kappa shape index (κ1) is 25.4. The molecule has 7 nitrogen and oxygen atoms in total. The van der Waals surface area contributed by atoms with Crippen molar-refractivity contribution in [3.05, 3.63) is 83.3 Å². The number of rotatable bonds is 10. The maximum absolute atomic E-state index is 13.8. The van der Waals surface area contributed by atoms with Crippen molar-refractivity contribution in [3.8, 4) is 11.5 Å². The van der Waals surface area contributed by atoms with Crippen molar-refractivity contribution in [1.82, 2.24) is 10.2 Å². The highest BCUT2D eigenvalue weighted by Crippen LogP contribution is 2.33. The maximum atomic E-state index is 13.8. The summed E-state index contributed by atoms with van der Waals surface area (Å²) in [6.45, 7) is 2.38. The van der Waals surface area contributed by atoms with E-state index in [9.17, 15) is 9.59 Å². The van der Waals surface area contributed by atoms with Crippen LogP contribution >= 0.6 is 0 Å². The predicted molar refractivity (Wildman–Crippen MR) is 137 cm³/mol. The first-order valence-electron chi connectivity index (χ1n) is 12.4. The van der Waals surface area contributed by atoms with Gasteiger partial charge >= 0.3 is 0 Å². The van der Waals surface area contributed by atoms with Crippen LogP contribution < -0.4 is 14.8 Å². The Morgan fingerprint density at radius 1 is 1.03 bits per heavy atom. The van der Waals surface area contributed by atoms with E-state index in [1.165, 1.54) is 6.26 Å². The second-order valence-corrected chi connectivity index (χ2v) is 9.16. The number of amides is 2. The number of nitrogens with one attached hydrogen (secondary N) is 1. The molecule has 0 aliphatic heterocycles. The van der Waals surface area contributed by atoms with E-state index in [1.54, 1.807) is 43.4 Å². The summed E-state index contributed by atoms with van der Waals surface area (Å²) in [5.41, 5.74) is 2.91. The van der Waals surface area contributed by atoms with Crippen LogP contribution in [0.4, 0.5) is 0 Å². The Balaban J connectivity index is 1.74. The van der Waals surface area contributed by atoms with Crippen molar-refractivity contribution in [2.75, 3.05) is 20.8 Å². The van der Waals surface area contributed by atoms with Gasteiger partial charge in [0.2, 0.25) is 5.91 Å². The highest BCUT2D eigenvalue weighted by molar-refractivity contribution is 5.96. The number of nitrogens with zero attached hydrogens (tertiary/aromatic N) is 1. The third-order valence-electron chi connectivity index (χ3n) is 6.86. The summed E-state index contributed by atoms with van der Waals surface area (Å²) in [5.74, 6) is 0.700. The molecule has 0 unspecified atom stereocenters. The van der Waals surface area contributed by atoms with E-state index in [2.05, 4.69) is 11.4 Å². The van der Waals surface area contributed by atoms with Gasteiger partial charge in [-0.1, -0.05) is 43.2 Å². The molecule has 0 saturated heterocycles. The Labute approximate surface area is 212 Å². The lowest BCUT2D eigenvalue weighted by Crippen LogP contribution is -2.46. The topological polar surface area (TPSA) is 81.0 Å². The largest absolute Gasteiger partial charge is 0.493 e. The van der Waals surface area contributed by atoms with Crippen molar-refractivity contribution >= 4 is 11.8 Å². The lowest BCUT2D eigenvalue weighted by atomic mass is 10.00. The fourth-order valence-corrected chi connectivity index (χ4v) is 4.87. The molecule has 0 radical (unpaired) electrons. The van der Waals surface area contributed by atoms with Gasteiger partial charge in [0.05, 0.1) is 20.5 Å². The summed E-state index contributed by atoms with van der Waals surface area (Å²) < 4.78 is 16.4. The van der Waals surface area contributed by atoms with E-state index in [1.807, 2.05) is 31.2 Å². The van der Waals surface area contributed by atoms with E-state index in [0.717, 1.165) is 36.8 Å². The molecule has 0 spiro atoms. The average Bonchev–Trinajstić information content (AvgIpc) is 3.61. The summed E-state index contributed by atoms with van der Waals surface area (Å²) in [5, 5.41) is 3.20. The van der Waals surface area contributed by atoms with Crippen molar-refractivity contribution in [2.24, 2.45) is 0 Å². The molecule has 2 amide bonds. The number of aryl methyl sites for hydroxylation is 1. The Morgan fingerprint density at radius 3 is 2.44 bits per heavy atom. The Bertz CT molecular complexity index is 1170. The van der Waals surface area contributed by atoms with Gasteiger partial charge in [0.25, 0.3) is 5.91 Å². The van der Waals surface area contributed by atoms with Crippen LogP contribution in [0.3, 0.4) is 0 Å². The van der Waals surface area contributed by atoms with Crippen LogP contribution in [0.25, 0.3) is 0 Å². The molecule has 1 N–H and O–H groups in total. The molecule has 190 valence electrons. The summed E-state index contributed by atoms with van der Waals surface area (Å²) in [4.78, 5) is 29.2. The molecule has 0 bridgehead atoms. The van der Waals surface area contributed by atoms with Gasteiger partial charge in [-0.2, -0.15) is 0 Å². The fraction of sp³-hybridized carbons (Fsp3) is 0.379. The number of ether oxygens (including phenoxy) is 2. The fourth-order valence-electron chi connectivity index (χ4n) is 4.87. The van der Waals surface area contributed by atoms with Gasteiger partial charge in [0, 0.05) is 12.6 Å². The van der Waals surface area contributed by atoms with Gasteiger partial charge in [0.15, 0.2) is 17.3 Å². The van der Waals surface area contributed by atoms with Gasteiger partial charge in [-0.05, 0) is 67.1 Å². The van der Waals surface area contributed by atoms with Crippen LogP contribution in [-0.2, 0) is 11.2 Å². The Hall–Kier alpha value is -3.74. The minimum atomic E-state index is -0.868. The molecular weight excluding hydrogens is 456 g/mol. The van der Waals surface area contributed by atoms with Crippen LogP contribution in [0.1, 0.15) is 59.0 Å². The molecule has 1 atom stereocenters. The molecule has 1 aliphatic carbocycles. The molecule has 1 saturated carbocycles. The van der Waals surface area contributed by atoms with Crippen molar-refractivity contribution < 1.29 is 23.5 Å². The number of methoxy groups -OCH3 is 2. The average molecular weight is 491 g/mol. The Kier molecular flexibility index (Phi) is 8.31. The molecule has 1 fully saturated rings. The summed E-state index contributed by atoms with van der Waals surface area (Å²) >= 11 is 0. The van der Waals surface area contributed by atoms with Gasteiger partial charge in [-0.25, -0.2) is 0 Å². The summed E-state index contributed by atoms with van der Waals surface area (Å²) in [7, 11) is 3.12. The van der Waals surface area contributed by atoms with E-state index >= 15 is 0 Å². The van der Waals surface area contributed by atoms with Crippen LogP contribution in [0.15, 0.2) is 65.3 Å². The van der Waals surface area contributed by atoms with Crippen LogP contribution in [-0.4, -0.2) is 43.5 Å². The molecule has 7 heteroatoms. The maximum Gasteiger partial charge on any atom is 0.290 e. The zero-order chi connectivity index (χ0) is 25.5. The zero-order valence-corrected chi connectivity index (χ0v) is 21.2. The SMILES string of the molecule is COc1ccc([C@@H](C(=O)NC2CCCC2)N(CCc2ccccc2C)C(=O)c2ccco2)cc1OC. The monoisotopic (exact) mass is 490 g/mol. The number of furan rings is 1. The lowest BCUT2D eigenvalue weighted by molar-refractivity contribution is -0.126. The first-order chi connectivity index (χ1) is 17.5. The minimum absolute atomic E-state index is 0.108. The number of hydrogen-bond acceptors (Lipinski definition) is 5. The second-order valence-electron chi connectivity index (χ2n) is 9.16. The van der Waals surface area contributed by atoms with Crippen molar-refractivity contribution in [3.63, 3.8) is 0 Å². The molecule has 4 rings (SSSR count). The molecule has 2 aromatic carbocycles. The lowest BCUT2D eigenvalue weighted by Gasteiger charge is -2.32. The number of carbonyl (C=O) groups is 2. The zero-order valence-electron chi connectivity index (χ0n) is 21.2. The molecule has 1 heterocycles. The minimum Gasteiger partial charge on any atom is -0.493 e. The molecule has 1 aliphatic rings. The number of benzene rings is 2. The van der Waals surface area contributed by atoms with Gasteiger partial charge in [0.1, 0.15) is 6.04 Å². The van der Waals surface area contributed by atoms with E-state index < -0.39 is 6.04 Å². The van der Waals surface area contributed by atoms with Crippen LogP contribution in [0, 0.1) is 6.92 Å². The molecule has 36 heavy (non-hydrogen) atoms. The van der Waals surface area contributed by atoms with E-state index in [-0.39, 0.29) is 23.6 Å². The second kappa shape index (κ2) is 11.8. The standard InChI is InChI=1S/C29H34N2O5/c1-20-9-4-5-10-21(20)16-17-31(29(33)25-13-8-18-36-25)27(28(32)30-23-11-6-7-12-23)22-14-15-24(34-2)26(19-22)35-3/h4-5,8-10,13-15,18-19,23,27H,6-7,11-12,16-17H2,1-3H3,(H,30,32)/t27-/m0/s1. The molecular formula is C29H34N2O5. The van der Waals surface area contributed by atoms with Crippen LogP contribution in [0.5, 0.6) is 11.5 Å². The normalized spacial score (nSPS) is 14.3. The van der Waals surface area contributed by atoms with Crippen molar-refractivity contribution in [1.29, 1.82) is 0 Å². The van der Waals surface area contributed by atoms with Gasteiger partial charge in [-0.3, -0.25) is 9.59 Å². The quantitative estimate of drug-likeness (QED) is 0.428. The van der Waals surface area contributed by atoms with E-state index in [0.29, 0.717) is 30.0 Å². The first-order valence-corrected chi connectivity index (χ1v) is 12.4. The van der Waals surface area contributed by atoms with Crippen molar-refractivity contribution in [2.45, 2.75) is 51.1 Å². The Morgan fingerprint density at radius 2 is 1.78 bits per heavy atom. The highest BCUT2D eigenvalue weighted by Gasteiger charge is 2.35. The predicted octanol–water partition coefficient (Wildman–Crippen LogP) is 5.09. The highest BCUT2D eigenvalue weighted by atomic mass is 16.5.